The van der Waals surface area contributed by atoms with E-state index in [-0.39, 0.29) is 16.8 Å². The highest BCUT2D eigenvalue weighted by atomic mass is 32.1. The van der Waals surface area contributed by atoms with Crippen molar-refractivity contribution in [2.75, 3.05) is 20.3 Å². The van der Waals surface area contributed by atoms with Gasteiger partial charge in [0.1, 0.15) is 0 Å². The molecule has 0 spiro atoms. The molecule has 0 fully saturated rings. The van der Waals surface area contributed by atoms with Crippen LogP contribution in [-0.4, -0.2) is 37.2 Å². The highest BCUT2D eigenvalue weighted by Gasteiger charge is 2.11. The Morgan fingerprint density at radius 1 is 1.61 bits per heavy atom. The lowest BCUT2D eigenvalue weighted by Crippen LogP contribution is -2.42. The molecule has 6 nitrogen and oxygen atoms in total. The molecule has 0 aliphatic rings. The normalized spacial score (nSPS) is 12.3. The van der Waals surface area contributed by atoms with E-state index in [2.05, 4.69) is 15.6 Å². The minimum absolute atomic E-state index is 0.0521. The molecule has 0 radical (unpaired) electrons. The summed E-state index contributed by atoms with van der Waals surface area (Å²) in [5, 5.41) is 7.60. The summed E-state index contributed by atoms with van der Waals surface area (Å²) in [6.07, 6.45) is 0.798. The third-order valence-electron chi connectivity index (χ3n) is 2.39. The Bertz CT molecular complexity index is 416. The molecule has 1 atom stereocenters. The smallest absolute Gasteiger partial charge is 0.304 e. The molecule has 1 amide bonds. The molecule has 0 bridgehead atoms. The zero-order chi connectivity index (χ0) is 13.4. The van der Waals surface area contributed by atoms with Crippen molar-refractivity contribution < 1.29 is 9.53 Å². The van der Waals surface area contributed by atoms with Gasteiger partial charge in [0.15, 0.2) is 0 Å². The van der Waals surface area contributed by atoms with Gasteiger partial charge in [-0.1, -0.05) is 11.3 Å². The number of methoxy groups -OCH3 is 1. The summed E-state index contributed by atoms with van der Waals surface area (Å²) in [4.78, 5) is 25.2. The molecule has 1 rings (SSSR count). The molecule has 1 aromatic rings. The molecule has 18 heavy (non-hydrogen) atoms. The second-order valence-corrected chi connectivity index (χ2v) is 4.76. The van der Waals surface area contributed by atoms with Gasteiger partial charge in [0, 0.05) is 37.9 Å². The number of aromatic amines is 1. The van der Waals surface area contributed by atoms with E-state index in [9.17, 15) is 9.59 Å². The van der Waals surface area contributed by atoms with Crippen LogP contribution in [0, 0.1) is 0 Å². The van der Waals surface area contributed by atoms with E-state index >= 15 is 0 Å². The van der Waals surface area contributed by atoms with Crippen LogP contribution in [0.25, 0.3) is 0 Å². The lowest BCUT2D eigenvalue weighted by molar-refractivity contribution is -0.122. The zero-order valence-corrected chi connectivity index (χ0v) is 11.4. The fraction of sp³-hybridized carbons (Fsp3) is 0.636. The third-order valence-corrected chi connectivity index (χ3v) is 3.11. The molecule has 0 aliphatic carbocycles. The van der Waals surface area contributed by atoms with Crippen LogP contribution in [-0.2, 0) is 16.1 Å². The maximum Gasteiger partial charge on any atom is 0.304 e. The molecule has 0 saturated carbocycles. The first-order valence-electron chi connectivity index (χ1n) is 5.80. The molecular formula is C11H19N3O3S. The summed E-state index contributed by atoms with van der Waals surface area (Å²) in [5.74, 6) is -0.0521. The number of carbonyl (C=O) groups is 1. The molecule has 0 aliphatic heterocycles. The minimum atomic E-state index is -0.295. The van der Waals surface area contributed by atoms with Crippen LogP contribution >= 0.6 is 11.3 Å². The summed E-state index contributed by atoms with van der Waals surface area (Å²) in [6, 6.07) is -0.295. The quantitative estimate of drug-likeness (QED) is 0.585. The number of aromatic nitrogens is 1. The number of hydrogen-bond acceptors (Lipinski definition) is 5. The first-order valence-corrected chi connectivity index (χ1v) is 6.68. The second kappa shape index (κ2) is 8.02. The number of H-pyrrole nitrogens is 1. The van der Waals surface area contributed by atoms with Gasteiger partial charge in [-0.25, -0.2) is 0 Å². The predicted octanol–water partition coefficient (Wildman–Crippen LogP) is 0.0672. The minimum Gasteiger partial charge on any atom is -0.385 e. The van der Waals surface area contributed by atoms with Crippen LogP contribution in [0.5, 0.6) is 0 Å². The number of rotatable bonds is 8. The maximum absolute atomic E-state index is 11.6. The Hall–Kier alpha value is -1.18. The Labute approximate surface area is 110 Å². The van der Waals surface area contributed by atoms with E-state index in [1.54, 1.807) is 19.4 Å². The van der Waals surface area contributed by atoms with Crippen LogP contribution in [0.2, 0.25) is 0 Å². The van der Waals surface area contributed by atoms with Crippen molar-refractivity contribution in [2.45, 2.75) is 25.9 Å². The highest BCUT2D eigenvalue weighted by molar-refractivity contribution is 7.07. The number of amides is 1. The fourth-order valence-corrected chi connectivity index (χ4v) is 1.92. The van der Waals surface area contributed by atoms with Crippen molar-refractivity contribution in [2.24, 2.45) is 0 Å². The molecule has 1 unspecified atom stereocenters. The van der Waals surface area contributed by atoms with Crippen molar-refractivity contribution >= 4 is 17.2 Å². The Morgan fingerprint density at radius 2 is 2.39 bits per heavy atom. The summed E-state index contributed by atoms with van der Waals surface area (Å²) in [7, 11) is 1.63. The standard InChI is InChI=1S/C11H19N3O3S/c1-8(10(15)12-4-3-5-17-2)13-6-9-7-18-11(16)14-9/h7-8,13H,3-6H2,1-2H3,(H,12,15)(H,14,16). The Kier molecular flexibility index (Phi) is 6.63. The summed E-state index contributed by atoms with van der Waals surface area (Å²) in [5.41, 5.74) is 0.795. The van der Waals surface area contributed by atoms with E-state index in [0.717, 1.165) is 23.5 Å². The van der Waals surface area contributed by atoms with E-state index in [1.165, 1.54) is 0 Å². The van der Waals surface area contributed by atoms with Crippen molar-refractivity contribution in [3.05, 3.63) is 20.7 Å². The molecular weight excluding hydrogens is 254 g/mol. The summed E-state index contributed by atoms with van der Waals surface area (Å²) >= 11 is 1.12. The summed E-state index contributed by atoms with van der Waals surface area (Å²) in [6.45, 7) is 3.51. The van der Waals surface area contributed by atoms with Crippen LogP contribution in [0.4, 0.5) is 0 Å². The molecule has 3 N–H and O–H groups in total. The van der Waals surface area contributed by atoms with Gasteiger partial charge >= 0.3 is 4.87 Å². The first-order chi connectivity index (χ1) is 8.63. The molecule has 102 valence electrons. The van der Waals surface area contributed by atoms with Crippen LogP contribution in [0.15, 0.2) is 10.2 Å². The topological polar surface area (TPSA) is 83.2 Å². The molecule has 0 aromatic carbocycles. The Balaban J connectivity index is 2.21. The lowest BCUT2D eigenvalue weighted by atomic mass is 10.3. The average Bonchev–Trinajstić information content (AvgIpc) is 2.77. The van der Waals surface area contributed by atoms with Crippen LogP contribution in [0.1, 0.15) is 19.0 Å². The third kappa shape index (κ3) is 5.44. The van der Waals surface area contributed by atoms with Crippen LogP contribution in [0.3, 0.4) is 0 Å². The number of thiazole rings is 1. The second-order valence-electron chi connectivity index (χ2n) is 3.91. The zero-order valence-electron chi connectivity index (χ0n) is 10.6. The van der Waals surface area contributed by atoms with Gasteiger partial charge in [0.2, 0.25) is 5.91 Å². The fourth-order valence-electron chi connectivity index (χ4n) is 1.34. The van der Waals surface area contributed by atoms with Gasteiger partial charge < -0.3 is 20.4 Å². The highest BCUT2D eigenvalue weighted by Crippen LogP contribution is 1.95. The monoisotopic (exact) mass is 273 g/mol. The SMILES string of the molecule is COCCCNC(=O)C(C)NCc1csc(=O)[nH]1. The summed E-state index contributed by atoms with van der Waals surface area (Å²) < 4.78 is 4.89. The Morgan fingerprint density at radius 3 is 3.00 bits per heavy atom. The van der Waals surface area contributed by atoms with E-state index in [0.29, 0.717) is 19.7 Å². The first kappa shape index (κ1) is 14.9. The van der Waals surface area contributed by atoms with E-state index in [4.69, 9.17) is 4.74 Å². The lowest BCUT2D eigenvalue weighted by Gasteiger charge is -2.13. The van der Waals surface area contributed by atoms with Crippen molar-refractivity contribution in [3.63, 3.8) is 0 Å². The van der Waals surface area contributed by atoms with Crippen molar-refractivity contribution in [3.8, 4) is 0 Å². The van der Waals surface area contributed by atoms with Gasteiger partial charge in [-0.05, 0) is 13.3 Å². The van der Waals surface area contributed by atoms with Crippen LogP contribution < -0.4 is 15.5 Å². The van der Waals surface area contributed by atoms with Gasteiger partial charge in [-0.15, -0.1) is 0 Å². The number of hydrogen-bond donors (Lipinski definition) is 3. The van der Waals surface area contributed by atoms with Crippen molar-refractivity contribution in [1.82, 2.24) is 15.6 Å². The number of ether oxygens (including phenoxy) is 1. The molecule has 1 aromatic heterocycles. The molecule has 0 saturated heterocycles. The van der Waals surface area contributed by atoms with Gasteiger partial charge in [0.05, 0.1) is 6.04 Å². The van der Waals surface area contributed by atoms with Gasteiger partial charge in [-0.2, -0.15) is 0 Å². The van der Waals surface area contributed by atoms with Gasteiger partial charge in [-0.3, -0.25) is 9.59 Å². The van der Waals surface area contributed by atoms with Gasteiger partial charge in [0.25, 0.3) is 0 Å². The number of nitrogens with one attached hydrogen (secondary N) is 3. The average molecular weight is 273 g/mol. The van der Waals surface area contributed by atoms with E-state index < -0.39 is 0 Å². The predicted molar refractivity (Wildman–Crippen MR) is 70.7 cm³/mol. The molecule has 1 heterocycles. The maximum atomic E-state index is 11.6. The largest absolute Gasteiger partial charge is 0.385 e. The van der Waals surface area contributed by atoms with Crippen molar-refractivity contribution in [1.29, 1.82) is 0 Å². The number of carbonyl (C=O) groups excluding carboxylic acids is 1. The molecule has 7 heteroatoms. The van der Waals surface area contributed by atoms with E-state index in [1.807, 2.05) is 0 Å².